The van der Waals surface area contributed by atoms with E-state index < -0.39 is 6.10 Å². The standard InChI is InChI=1S/C64H112O6/c1-4-7-10-13-16-19-22-25-28-30-32-34-36-39-42-45-48-51-54-57-63(66)69-60-61(59-68-62(65)56-53-50-47-44-41-38-27-24-21-18-15-12-9-6-3)70-64(67)58-55-52-49-46-43-40-37-35-33-31-29-26-23-20-17-14-11-8-5-2/h7,10,16,19,24-25,27-28,32,34,39,42,61H,4-6,8-9,11-15,17-18,20-23,26,29-31,33,35-38,40-41,43-60H2,1-3H3/b10-7-,19-16-,27-24-,28-25-,34-32-,42-39-. The van der Waals surface area contributed by atoms with Crippen LogP contribution in [-0.4, -0.2) is 37.2 Å². The summed E-state index contributed by atoms with van der Waals surface area (Å²) in [6, 6.07) is 0. The molecule has 6 heteroatoms. The van der Waals surface area contributed by atoms with Crippen LogP contribution in [-0.2, 0) is 28.6 Å². The molecule has 6 nitrogen and oxygen atoms in total. The summed E-state index contributed by atoms with van der Waals surface area (Å²) in [5.41, 5.74) is 0. The molecule has 0 aromatic rings. The molecule has 70 heavy (non-hydrogen) atoms. The number of esters is 3. The van der Waals surface area contributed by atoms with Gasteiger partial charge in [-0.2, -0.15) is 0 Å². The maximum Gasteiger partial charge on any atom is 0.306 e. The minimum absolute atomic E-state index is 0.0881. The lowest BCUT2D eigenvalue weighted by molar-refractivity contribution is -0.167. The van der Waals surface area contributed by atoms with Crippen molar-refractivity contribution in [2.24, 2.45) is 0 Å². The predicted octanol–water partition coefficient (Wildman–Crippen LogP) is 20.2. The smallest absolute Gasteiger partial charge is 0.306 e. The molecule has 0 aromatic heterocycles. The molecule has 0 heterocycles. The molecule has 0 spiro atoms. The van der Waals surface area contributed by atoms with E-state index >= 15 is 0 Å². The van der Waals surface area contributed by atoms with Crippen molar-refractivity contribution < 1.29 is 28.6 Å². The highest BCUT2D eigenvalue weighted by Crippen LogP contribution is 2.16. The van der Waals surface area contributed by atoms with Gasteiger partial charge in [0.25, 0.3) is 0 Å². The summed E-state index contributed by atoms with van der Waals surface area (Å²) in [6.45, 7) is 6.51. The third kappa shape index (κ3) is 55.8. The summed E-state index contributed by atoms with van der Waals surface area (Å²) in [7, 11) is 0. The Bertz CT molecular complexity index is 1310. The van der Waals surface area contributed by atoms with Gasteiger partial charge in [-0.3, -0.25) is 14.4 Å². The number of hydrogen-bond acceptors (Lipinski definition) is 6. The van der Waals surface area contributed by atoms with Crippen molar-refractivity contribution in [1.82, 2.24) is 0 Å². The monoisotopic (exact) mass is 977 g/mol. The first-order valence-electron chi connectivity index (χ1n) is 29.9. The average molecular weight is 978 g/mol. The van der Waals surface area contributed by atoms with E-state index in [1.165, 1.54) is 154 Å². The fraction of sp³-hybridized carbons (Fsp3) is 0.766. The normalized spacial score (nSPS) is 12.6. The van der Waals surface area contributed by atoms with Crippen LogP contribution in [0, 0.1) is 0 Å². The van der Waals surface area contributed by atoms with Gasteiger partial charge >= 0.3 is 17.9 Å². The lowest BCUT2D eigenvalue weighted by atomic mass is 10.0. The van der Waals surface area contributed by atoms with Crippen molar-refractivity contribution in [3.05, 3.63) is 72.9 Å². The summed E-state index contributed by atoms with van der Waals surface area (Å²) < 4.78 is 16.9. The lowest BCUT2D eigenvalue weighted by Crippen LogP contribution is -2.30. The Balaban J connectivity index is 4.41. The van der Waals surface area contributed by atoms with E-state index in [9.17, 15) is 14.4 Å². The molecule has 0 saturated carbocycles. The number of hydrogen-bond donors (Lipinski definition) is 0. The molecule has 0 aliphatic heterocycles. The van der Waals surface area contributed by atoms with Crippen LogP contribution < -0.4 is 0 Å². The second kappa shape index (κ2) is 58.4. The molecule has 1 unspecified atom stereocenters. The molecular weight excluding hydrogens is 865 g/mol. The molecule has 0 fully saturated rings. The van der Waals surface area contributed by atoms with Gasteiger partial charge in [0, 0.05) is 19.3 Å². The topological polar surface area (TPSA) is 78.9 Å². The zero-order chi connectivity index (χ0) is 50.7. The van der Waals surface area contributed by atoms with Gasteiger partial charge in [-0.15, -0.1) is 0 Å². The number of ether oxygens (including phenoxy) is 3. The molecular formula is C64H112O6. The molecule has 0 amide bonds. The maximum atomic E-state index is 12.9. The van der Waals surface area contributed by atoms with E-state index in [0.29, 0.717) is 19.3 Å². The first-order chi connectivity index (χ1) is 34.5. The van der Waals surface area contributed by atoms with Crippen molar-refractivity contribution in [3.63, 3.8) is 0 Å². The predicted molar refractivity (Wildman–Crippen MR) is 302 cm³/mol. The van der Waals surface area contributed by atoms with Crippen LogP contribution in [0.15, 0.2) is 72.9 Å². The van der Waals surface area contributed by atoms with Gasteiger partial charge in [-0.1, -0.05) is 261 Å². The van der Waals surface area contributed by atoms with E-state index in [1.807, 2.05) is 0 Å². The van der Waals surface area contributed by atoms with E-state index in [0.717, 1.165) is 103 Å². The molecule has 1 atom stereocenters. The van der Waals surface area contributed by atoms with Crippen LogP contribution >= 0.6 is 0 Å². The van der Waals surface area contributed by atoms with Gasteiger partial charge in [0.1, 0.15) is 13.2 Å². The van der Waals surface area contributed by atoms with Crippen molar-refractivity contribution in [2.75, 3.05) is 13.2 Å². The molecule has 404 valence electrons. The van der Waals surface area contributed by atoms with E-state index in [4.69, 9.17) is 14.2 Å². The first kappa shape index (κ1) is 66.9. The zero-order valence-electron chi connectivity index (χ0n) is 46.3. The fourth-order valence-corrected chi connectivity index (χ4v) is 8.47. The summed E-state index contributed by atoms with van der Waals surface area (Å²) >= 11 is 0. The number of rotatable bonds is 54. The fourth-order valence-electron chi connectivity index (χ4n) is 8.47. The summed E-state index contributed by atoms with van der Waals surface area (Å²) in [5.74, 6) is -0.916. The van der Waals surface area contributed by atoms with Crippen LogP contribution in [0.2, 0.25) is 0 Å². The van der Waals surface area contributed by atoms with E-state index in [-0.39, 0.29) is 31.1 Å². The molecule has 0 aliphatic carbocycles. The van der Waals surface area contributed by atoms with Crippen LogP contribution in [0.3, 0.4) is 0 Å². The molecule has 0 radical (unpaired) electrons. The van der Waals surface area contributed by atoms with Gasteiger partial charge < -0.3 is 14.2 Å². The van der Waals surface area contributed by atoms with Gasteiger partial charge in [0.05, 0.1) is 0 Å². The molecule has 0 aliphatic rings. The second-order valence-corrected chi connectivity index (χ2v) is 19.9. The Kier molecular flexibility index (Phi) is 55.8. The van der Waals surface area contributed by atoms with Crippen LogP contribution in [0.1, 0.15) is 297 Å². The Morgan fingerprint density at radius 1 is 0.300 bits per heavy atom. The molecule has 0 bridgehead atoms. The highest BCUT2D eigenvalue weighted by Gasteiger charge is 2.19. The Morgan fingerprint density at radius 3 is 0.900 bits per heavy atom. The van der Waals surface area contributed by atoms with Gasteiger partial charge in [-0.25, -0.2) is 0 Å². The SMILES string of the molecule is CC/C=C\C/C=C\C/C=C\C/C=C\C/C=C\CCCCCC(=O)OCC(COC(=O)CCCCCCC/C=C\CCCCCCC)OC(=O)CCCCCCCCCCCCCCCCCCCCC. The molecule has 0 rings (SSSR count). The highest BCUT2D eigenvalue weighted by atomic mass is 16.6. The number of allylic oxidation sites excluding steroid dienone is 12. The summed E-state index contributed by atoms with van der Waals surface area (Å²) in [4.78, 5) is 38.2. The third-order valence-corrected chi connectivity index (χ3v) is 12.9. The summed E-state index contributed by atoms with van der Waals surface area (Å²) in [5, 5.41) is 0. The van der Waals surface area contributed by atoms with Crippen molar-refractivity contribution in [1.29, 1.82) is 0 Å². The number of unbranched alkanes of at least 4 members (excludes halogenated alkanes) is 31. The van der Waals surface area contributed by atoms with Gasteiger partial charge in [0.15, 0.2) is 6.10 Å². The zero-order valence-corrected chi connectivity index (χ0v) is 46.3. The van der Waals surface area contributed by atoms with Crippen molar-refractivity contribution in [2.45, 2.75) is 303 Å². The first-order valence-corrected chi connectivity index (χ1v) is 29.9. The van der Waals surface area contributed by atoms with Crippen LogP contribution in [0.25, 0.3) is 0 Å². The summed E-state index contributed by atoms with van der Waals surface area (Å²) in [6.07, 6.45) is 74.7. The third-order valence-electron chi connectivity index (χ3n) is 12.9. The van der Waals surface area contributed by atoms with Crippen molar-refractivity contribution >= 4 is 17.9 Å². The van der Waals surface area contributed by atoms with E-state index in [1.54, 1.807) is 0 Å². The van der Waals surface area contributed by atoms with Crippen LogP contribution in [0.4, 0.5) is 0 Å². The Labute approximate surface area is 433 Å². The Morgan fingerprint density at radius 2 is 0.557 bits per heavy atom. The average Bonchev–Trinajstić information content (AvgIpc) is 3.36. The second-order valence-electron chi connectivity index (χ2n) is 19.9. The van der Waals surface area contributed by atoms with Gasteiger partial charge in [0.2, 0.25) is 0 Å². The molecule has 0 aromatic carbocycles. The Hall–Kier alpha value is -3.15. The highest BCUT2D eigenvalue weighted by molar-refractivity contribution is 5.71. The maximum absolute atomic E-state index is 12.9. The van der Waals surface area contributed by atoms with Crippen LogP contribution in [0.5, 0.6) is 0 Å². The lowest BCUT2D eigenvalue weighted by Gasteiger charge is -2.18. The largest absolute Gasteiger partial charge is 0.462 e. The van der Waals surface area contributed by atoms with Crippen molar-refractivity contribution in [3.8, 4) is 0 Å². The van der Waals surface area contributed by atoms with Gasteiger partial charge in [-0.05, 0) is 89.9 Å². The minimum atomic E-state index is -0.791. The number of carbonyl (C=O) groups is 3. The van der Waals surface area contributed by atoms with E-state index in [2.05, 4.69) is 93.7 Å². The molecule has 0 N–H and O–H groups in total. The minimum Gasteiger partial charge on any atom is -0.462 e. The quantitative estimate of drug-likeness (QED) is 0.0261. The number of carbonyl (C=O) groups excluding carboxylic acids is 3. The molecule has 0 saturated heterocycles.